The first-order valence-electron chi connectivity index (χ1n) is 6.13. The molecule has 1 atom stereocenters. The number of aryl methyl sites for hydroxylation is 1. The molecular formula is C13H17N3O2. The summed E-state index contributed by atoms with van der Waals surface area (Å²) in [4.78, 5) is 19.1. The zero-order chi connectivity index (χ0) is 13.0. The van der Waals surface area contributed by atoms with Crippen LogP contribution in [0.2, 0.25) is 0 Å². The van der Waals surface area contributed by atoms with Gasteiger partial charge in [0.15, 0.2) is 5.69 Å². The zero-order valence-corrected chi connectivity index (χ0v) is 10.4. The van der Waals surface area contributed by atoms with E-state index in [2.05, 4.69) is 27.4 Å². The summed E-state index contributed by atoms with van der Waals surface area (Å²) in [5.74, 6) is -0.0431. The molecule has 0 fully saturated rings. The molecule has 0 amide bonds. The number of hydrogen-bond acceptors (Lipinski definition) is 4. The smallest absolute Gasteiger partial charge is 0.354 e. The van der Waals surface area contributed by atoms with Gasteiger partial charge < -0.3 is 10.4 Å². The number of nitrogens with zero attached hydrogens (tertiary/aromatic N) is 2. The lowest BCUT2D eigenvalue weighted by molar-refractivity contribution is 0.0690. The number of rotatable bonds is 4. The third-order valence-corrected chi connectivity index (χ3v) is 3.00. The highest BCUT2D eigenvalue weighted by Gasteiger charge is 2.12. The maximum Gasteiger partial charge on any atom is 0.354 e. The summed E-state index contributed by atoms with van der Waals surface area (Å²) in [6.07, 6.45) is 7.71. The minimum Gasteiger partial charge on any atom is -0.477 e. The predicted octanol–water partition coefficient (Wildman–Crippen LogP) is 2.25. The van der Waals surface area contributed by atoms with Gasteiger partial charge in [0.25, 0.3) is 0 Å². The van der Waals surface area contributed by atoms with E-state index in [0.717, 1.165) is 25.8 Å². The molecule has 0 saturated carbocycles. The minimum absolute atomic E-state index is 0.0357. The second kappa shape index (κ2) is 5.62. The Morgan fingerprint density at radius 1 is 1.50 bits per heavy atom. The van der Waals surface area contributed by atoms with Crippen LogP contribution in [0.5, 0.6) is 0 Å². The molecule has 96 valence electrons. The number of carbonyl (C=O) groups is 1. The van der Waals surface area contributed by atoms with Crippen molar-refractivity contribution in [2.24, 2.45) is 5.92 Å². The summed E-state index contributed by atoms with van der Waals surface area (Å²) in [6.45, 7) is 2.55. The van der Waals surface area contributed by atoms with Gasteiger partial charge in [-0.3, -0.25) is 0 Å². The van der Waals surface area contributed by atoms with E-state index in [1.54, 1.807) is 6.92 Å². The van der Waals surface area contributed by atoms with Gasteiger partial charge in [-0.25, -0.2) is 14.8 Å². The second-order valence-corrected chi connectivity index (χ2v) is 4.55. The van der Waals surface area contributed by atoms with E-state index in [9.17, 15) is 4.79 Å². The fraction of sp³-hybridized carbons (Fsp3) is 0.462. The SMILES string of the molecule is Cc1cc(C(=O)O)nc(NCC2CC=CCC2)n1. The number of allylic oxidation sites excluding steroid dienone is 2. The van der Waals surface area contributed by atoms with Crippen molar-refractivity contribution >= 4 is 11.9 Å². The Kier molecular flexibility index (Phi) is 3.92. The summed E-state index contributed by atoms with van der Waals surface area (Å²) in [6, 6.07) is 1.47. The highest BCUT2D eigenvalue weighted by atomic mass is 16.4. The Morgan fingerprint density at radius 2 is 2.33 bits per heavy atom. The second-order valence-electron chi connectivity index (χ2n) is 4.55. The standard InChI is InChI=1S/C13H17N3O2/c1-9-7-11(12(17)18)16-13(15-9)14-8-10-5-3-2-4-6-10/h2-3,7,10H,4-6,8H2,1H3,(H,17,18)(H,14,15,16). The molecule has 2 rings (SSSR count). The number of carboxylic acid groups (broad SMARTS) is 1. The monoisotopic (exact) mass is 247 g/mol. The average molecular weight is 247 g/mol. The molecule has 0 bridgehead atoms. The number of anilines is 1. The van der Waals surface area contributed by atoms with Crippen LogP contribution in [0.15, 0.2) is 18.2 Å². The maximum atomic E-state index is 10.9. The third kappa shape index (κ3) is 3.29. The lowest BCUT2D eigenvalue weighted by Gasteiger charge is -2.18. The Morgan fingerprint density at radius 3 is 3.00 bits per heavy atom. The largest absolute Gasteiger partial charge is 0.477 e. The van der Waals surface area contributed by atoms with Crippen LogP contribution in [0.25, 0.3) is 0 Å². The number of aromatic nitrogens is 2. The molecule has 1 aliphatic rings. The number of carboxylic acids is 1. The van der Waals surface area contributed by atoms with Crippen molar-refractivity contribution in [1.29, 1.82) is 0 Å². The highest BCUT2D eigenvalue weighted by Crippen LogP contribution is 2.18. The summed E-state index contributed by atoms with van der Waals surface area (Å²) in [7, 11) is 0. The molecule has 2 N–H and O–H groups in total. The molecule has 1 aromatic heterocycles. The molecule has 18 heavy (non-hydrogen) atoms. The van der Waals surface area contributed by atoms with Gasteiger partial charge in [0.1, 0.15) is 0 Å². The first-order chi connectivity index (χ1) is 8.65. The molecule has 1 heterocycles. The molecule has 5 nitrogen and oxygen atoms in total. The van der Waals surface area contributed by atoms with Crippen molar-refractivity contribution in [3.8, 4) is 0 Å². The van der Waals surface area contributed by atoms with E-state index in [1.165, 1.54) is 6.07 Å². The van der Waals surface area contributed by atoms with E-state index in [1.807, 2.05) is 0 Å². The summed E-state index contributed by atoms with van der Waals surface area (Å²) < 4.78 is 0. The van der Waals surface area contributed by atoms with E-state index in [-0.39, 0.29) is 5.69 Å². The maximum absolute atomic E-state index is 10.9. The van der Waals surface area contributed by atoms with Crippen LogP contribution in [0.1, 0.15) is 35.4 Å². The van der Waals surface area contributed by atoms with Crippen molar-refractivity contribution in [3.05, 3.63) is 29.6 Å². The first-order valence-corrected chi connectivity index (χ1v) is 6.13. The van der Waals surface area contributed by atoms with Crippen LogP contribution in [-0.4, -0.2) is 27.6 Å². The van der Waals surface area contributed by atoms with Crippen LogP contribution < -0.4 is 5.32 Å². The first kappa shape index (κ1) is 12.5. The fourth-order valence-electron chi connectivity index (χ4n) is 2.03. The topological polar surface area (TPSA) is 75.1 Å². The van der Waals surface area contributed by atoms with Gasteiger partial charge in [-0.15, -0.1) is 0 Å². The molecule has 1 aliphatic carbocycles. The van der Waals surface area contributed by atoms with Crippen LogP contribution in [0.3, 0.4) is 0 Å². The number of hydrogen-bond donors (Lipinski definition) is 2. The van der Waals surface area contributed by atoms with Gasteiger partial charge >= 0.3 is 5.97 Å². The predicted molar refractivity (Wildman–Crippen MR) is 68.7 cm³/mol. The summed E-state index contributed by atoms with van der Waals surface area (Å²) >= 11 is 0. The Labute approximate surface area is 106 Å². The van der Waals surface area contributed by atoms with Crippen LogP contribution in [0.4, 0.5) is 5.95 Å². The van der Waals surface area contributed by atoms with E-state index < -0.39 is 5.97 Å². The number of nitrogens with one attached hydrogen (secondary N) is 1. The molecule has 1 aromatic rings. The average Bonchev–Trinajstić information content (AvgIpc) is 2.37. The highest BCUT2D eigenvalue weighted by molar-refractivity contribution is 5.85. The van der Waals surface area contributed by atoms with Gasteiger partial charge in [0.05, 0.1) is 0 Å². The molecule has 0 aliphatic heterocycles. The summed E-state index contributed by atoms with van der Waals surface area (Å²) in [5, 5.41) is 12.1. The molecule has 1 unspecified atom stereocenters. The van der Waals surface area contributed by atoms with E-state index in [4.69, 9.17) is 5.11 Å². The van der Waals surface area contributed by atoms with Gasteiger partial charge in [0.2, 0.25) is 5.95 Å². The zero-order valence-electron chi connectivity index (χ0n) is 10.4. The number of aromatic carboxylic acids is 1. The molecule has 5 heteroatoms. The van der Waals surface area contributed by atoms with Crippen LogP contribution in [-0.2, 0) is 0 Å². The molecule has 0 saturated heterocycles. The van der Waals surface area contributed by atoms with Crippen molar-refractivity contribution < 1.29 is 9.90 Å². The van der Waals surface area contributed by atoms with E-state index >= 15 is 0 Å². The van der Waals surface area contributed by atoms with Gasteiger partial charge in [-0.1, -0.05) is 12.2 Å². The van der Waals surface area contributed by atoms with Crippen molar-refractivity contribution in [2.45, 2.75) is 26.2 Å². The van der Waals surface area contributed by atoms with Crippen LogP contribution >= 0.6 is 0 Å². The molecular weight excluding hydrogens is 230 g/mol. The fourth-order valence-corrected chi connectivity index (χ4v) is 2.03. The van der Waals surface area contributed by atoms with Gasteiger partial charge in [-0.05, 0) is 38.2 Å². The third-order valence-electron chi connectivity index (χ3n) is 3.00. The van der Waals surface area contributed by atoms with Crippen LogP contribution in [0, 0.1) is 12.8 Å². The molecule has 0 spiro atoms. The van der Waals surface area contributed by atoms with Gasteiger partial charge in [0, 0.05) is 12.2 Å². The normalized spacial score (nSPS) is 18.6. The quantitative estimate of drug-likeness (QED) is 0.798. The van der Waals surface area contributed by atoms with Crippen molar-refractivity contribution in [2.75, 3.05) is 11.9 Å². The Balaban J connectivity index is 2.00. The Hall–Kier alpha value is -1.91. The lowest BCUT2D eigenvalue weighted by atomic mass is 9.94. The molecule has 0 aromatic carbocycles. The van der Waals surface area contributed by atoms with Crippen molar-refractivity contribution in [3.63, 3.8) is 0 Å². The minimum atomic E-state index is -1.02. The lowest BCUT2D eigenvalue weighted by Crippen LogP contribution is -2.17. The van der Waals surface area contributed by atoms with E-state index in [0.29, 0.717) is 17.6 Å². The van der Waals surface area contributed by atoms with Crippen molar-refractivity contribution in [1.82, 2.24) is 9.97 Å². The summed E-state index contributed by atoms with van der Waals surface area (Å²) in [5.41, 5.74) is 0.696. The molecule has 0 radical (unpaired) electrons. The van der Waals surface area contributed by atoms with Gasteiger partial charge in [-0.2, -0.15) is 0 Å². The Bertz CT molecular complexity index is 471.